The van der Waals surface area contributed by atoms with Crippen LogP contribution in [0, 0.1) is 5.92 Å². The molecule has 1 saturated carbocycles. The molecule has 1 atom stereocenters. The van der Waals surface area contributed by atoms with Gasteiger partial charge in [0.1, 0.15) is 0 Å². The Morgan fingerprint density at radius 3 is 2.24 bits per heavy atom. The Balaban J connectivity index is 2.27. The lowest BCUT2D eigenvalue weighted by Crippen LogP contribution is -2.30. The molecule has 21 heavy (non-hydrogen) atoms. The number of carbonyl (C=O) groups is 2. The van der Waals surface area contributed by atoms with Gasteiger partial charge in [0.05, 0.1) is 12.0 Å². The zero-order valence-electron chi connectivity index (χ0n) is 12.0. The van der Waals surface area contributed by atoms with Crippen molar-refractivity contribution in [2.75, 3.05) is 7.11 Å². The number of methoxy groups -OCH3 is 1. The van der Waals surface area contributed by atoms with E-state index in [0.717, 1.165) is 20.0 Å². The van der Waals surface area contributed by atoms with Crippen molar-refractivity contribution >= 4 is 21.6 Å². The molecule has 0 amide bonds. The number of hydrogen-bond donors (Lipinski definition) is 0. The summed E-state index contributed by atoms with van der Waals surface area (Å²) in [5, 5.41) is -1.22. The van der Waals surface area contributed by atoms with Gasteiger partial charge in [-0.05, 0) is 31.4 Å². The van der Waals surface area contributed by atoms with Crippen LogP contribution in [0.4, 0.5) is 0 Å². The van der Waals surface area contributed by atoms with Crippen LogP contribution in [0.5, 0.6) is 0 Å². The van der Waals surface area contributed by atoms with Crippen LogP contribution in [0.1, 0.15) is 36.5 Å². The highest BCUT2D eigenvalue weighted by atomic mass is 32.2. The minimum atomic E-state index is -3.80. The lowest BCUT2D eigenvalue weighted by Gasteiger charge is -2.13. The second-order valence-electron chi connectivity index (χ2n) is 5.13. The maximum atomic E-state index is 12.4. The highest BCUT2D eigenvalue weighted by molar-refractivity contribution is 7.92. The van der Waals surface area contributed by atoms with Crippen molar-refractivity contribution in [3.63, 3.8) is 0 Å². The molecule has 5 nitrogen and oxygen atoms in total. The van der Waals surface area contributed by atoms with Gasteiger partial charge in [-0.2, -0.15) is 0 Å². The van der Waals surface area contributed by atoms with Crippen molar-refractivity contribution in [2.45, 2.75) is 36.3 Å². The number of hydrogen-bond acceptors (Lipinski definition) is 5. The third-order valence-corrected chi connectivity index (χ3v) is 5.83. The summed E-state index contributed by atoms with van der Waals surface area (Å²) in [5.74, 6) is -0.625. The van der Waals surface area contributed by atoms with Crippen LogP contribution in [-0.2, 0) is 19.4 Å². The van der Waals surface area contributed by atoms with E-state index in [1.807, 2.05) is 0 Å². The van der Waals surface area contributed by atoms with Crippen LogP contribution in [-0.4, -0.2) is 32.5 Å². The molecule has 1 fully saturated rings. The zero-order chi connectivity index (χ0) is 15.6. The molecule has 114 valence electrons. The van der Waals surface area contributed by atoms with Crippen LogP contribution in [0.3, 0.4) is 0 Å². The largest absolute Gasteiger partial charge is 0.468 e. The monoisotopic (exact) mass is 310 g/mol. The Morgan fingerprint density at radius 2 is 1.81 bits per heavy atom. The third-order valence-electron chi connectivity index (χ3n) is 3.62. The molecule has 1 unspecified atom stereocenters. The molecule has 1 aliphatic carbocycles. The third kappa shape index (κ3) is 3.15. The first-order valence-corrected chi connectivity index (χ1v) is 8.42. The molecule has 0 heterocycles. The smallest absolute Gasteiger partial charge is 0.324 e. The Morgan fingerprint density at radius 1 is 1.24 bits per heavy atom. The summed E-state index contributed by atoms with van der Waals surface area (Å²) in [7, 11) is -2.63. The van der Waals surface area contributed by atoms with Gasteiger partial charge in [-0.1, -0.05) is 19.1 Å². The predicted octanol–water partition coefficient (Wildman–Crippen LogP) is 2.00. The van der Waals surface area contributed by atoms with Crippen molar-refractivity contribution in [1.82, 2.24) is 0 Å². The van der Waals surface area contributed by atoms with Gasteiger partial charge in [-0.25, -0.2) is 8.42 Å². The fourth-order valence-electron chi connectivity index (χ4n) is 2.20. The number of esters is 1. The maximum absolute atomic E-state index is 12.4. The molecule has 1 aromatic rings. The van der Waals surface area contributed by atoms with E-state index in [4.69, 9.17) is 0 Å². The summed E-state index contributed by atoms with van der Waals surface area (Å²) in [6.45, 7) is 1.62. The average Bonchev–Trinajstić information content (AvgIpc) is 3.31. The SMILES string of the molecule is CCC(C(=O)OC)S(=O)(=O)c1ccc(C(=O)C2CC2)cc1. The van der Waals surface area contributed by atoms with E-state index in [-0.39, 0.29) is 23.0 Å². The number of Topliss-reactive ketones (excluding diaryl/α,β-unsaturated/α-hetero) is 1. The summed E-state index contributed by atoms with van der Waals surface area (Å²) in [4.78, 5) is 23.5. The fourth-order valence-corrected chi connectivity index (χ4v) is 3.83. The van der Waals surface area contributed by atoms with Gasteiger partial charge in [-0.15, -0.1) is 0 Å². The van der Waals surface area contributed by atoms with E-state index < -0.39 is 21.1 Å². The highest BCUT2D eigenvalue weighted by Crippen LogP contribution is 2.33. The molecular weight excluding hydrogens is 292 g/mol. The van der Waals surface area contributed by atoms with Gasteiger partial charge in [0, 0.05) is 11.5 Å². The zero-order valence-corrected chi connectivity index (χ0v) is 12.9. The van der Waals surface area contributed by atoms with Crippen molar-refractivity contribution in [3.8, 4) is 0 Å². The molecule has 0 bridgehead atoms. The summed E-state index contributed by atoms with van der Waals surface area (Å²) in [5.41, 5.74) is 0.516. The van der Waals surface area contributed by atoms with Gasteiger partial charge in [-0.3, -0.25) is 9.59 Å². The molecule has 0 radical (unpaired) electrons. The standard InChI is InChI=1S/C15H18O5S/c1-3-13(15(17)20-2)21(18,19)12-8-6-11(7-9-12)14(16)10-4-5-10/h6-10,13H,3-5H2,1-2H3. The van der Waals surface area contributed by atoms with Gasteiger partial charge >= 0.3 is 5.97 Å². The minimum Gasteiger partial charge on any atom is -0.468 e. The first-order chi connectivity index (χ1) is 9.91. The van der Waals surface area contributed by atoms with Gasteiger partial charge in [0.2, 0.25) is 0 Å². The summed E-state index contributed by atoms with van der Waals surface area (Å²) < 4.78 is 29.4. The molecular formula is C15H18O5S. The second-order valence-corrected chi connectivity index (χ2v) is 7.26. The van der Waals surface area contributed by atoms with E-state index in [2.05, 4.69) is 4.74 Å². The highest BCUT2D eigenvalue weighted by Gasteiger charge is 2.34. The minimum absolute atomic E-state index is 0.0343. The molecule has 1 aromatic carbocycles. The number of benzene rings is 1. The molecule has 0 aliphatic heterocycles. The van der Waals surface area contributed by atoms with Crippen LogP contribution >= 0.6 is 0 Å². The normalized spacial score (nSPS) is 16.3. The molecule has 0 spiro atoms. The maximum Gasteiger partial charge on any atom is 0.324 e. The van der Waals surface area contributed by atoms with Crippen LogP contribution in [0.15, 0.2) is 29.2 Å². The lowest BCUT2D eigenvalue weighted by molar-refractivity contribution is -0.140. The number of carbonyl (C=O) groups excluding carboxylic acids is 2. The molecule has 2 rings (SSSR count). The van der Waals surface area contributed by atoms with Gasteiger partial charge < -0.3 is 4.74 Å². The number of rotatable bonds is 6. The van der Waals surface area contributed by atoms with Crippen molar-refractivity contribution in [2.24, 2.45) is 5.92 Å². The first-order valence-electron chi connectivity index (χ1n) is 6.87. The lowest BCUT2D eigenvalue weighted by atomic mass is 10.1. The van der Waals surface area contributed by atoms with Crippen molar-refractivity contribution in [1.29, 1.82) is 0 Å². The van der Waals surface area contributed by atoms with E-state index in [9.17, 15) is 18.0 Å². The Bertz CT molecular complexity index is 641. The average molecular weight is 310 g/mol. The number of ether oxygens (including phenoxy) is 1. The summed E-state index contributed by atoms with van der Waals surface area (Å²) in [6.07, 6.45) is 1.94. The second kappa shape index (κ2) is 5.97. The Labute approximate surface area is 124 Å². The number of ketones is 1. The molecule has 0 N–H and O–H groups in total. The Hall–Kier alpha value is -1.69. The molecule has 0 saturated heterocycles. The van der Waals surface area contributed by atoms with E-state index in [1.165, 1.54) is 24.3 Å². The van der Waals surface area contributed by atoms with E-state index in [0.29, 0.717) is 5.56 Å². The van der Waals surface area contributed by atoms with Crippen molar-refractivity contribution < 1.29 is 22.7 Å². The predicted molar refractivity (Wildman–Crippen MR) is 76.8 cm³/mol. The fraction of sp³-hybridized carbons (Fsp3) is 0.467. The van der Waals surface area contributed by atoms with Crippen LogP contribution < -0.4 is 0 Å². The topological polar surface area (TPSA) is 77.5 Å². The van der Waals surface area contributed by atoms with Crippen LogP contribution in [0.25, 0.3) is 0 Å². The Kier molecular flexibility index (Phi) is 4.46. The summed E-state index contributed by atoms with van der Waals surface area (Å²) >= 11 is 0. The van der Waals surface area contributed by atoms with Crippen LogP contribution in [0.2, 0.25) is 0 Å². The molecule has 6 heteroatoms. The van der Waals surface area contributed by atoms with Gasteiger partial charge in [0.25, 0.3) is 0 Å². The van der Waals surface area contributed by atoms with Gasteiger partial charge in [0.15, 0.2) is 20.9 Å². The van der Waals surface area contributed by atoms with Crippen molar-refractivity contribution in [3.05, 3.63) is 29.8 Å². The molecule has 0 aromatic heterocycles. The first kappa shape index (κ1) is 15.7. The van der Waals surface area contributed by atoms with E-state index >= 15 is 0 Å². The quantitative estimate of drug-likeness (QED) is 0.593. The summed E-state index contributed by atoms with van der Waals surface area (Å²) in [6, 6.07) is 5.79. The van der Waals surface area contributed by atoms with E-state index in [1.54, 1.807) is 6.92 Å². The molecule has 1 aliphatic rings. The number of sulfone groups is 1.